The van der Waals surface area contributed by atoms with Gasteiger partial charge in [0.05, 0.1) is 13.2 Å². The average Bonchev–Trinajstić information content (AvgIpc) is 3.04. The molecule has 6 heteroatoms. The first-order valence-corrected chi connectivity index (χ1v) is 8.49. The Kier molecular flexibility index (Phi) is 5.13. The molecule has 0 aliphatic carbocycles. The molecule has 3 rings (SSSR count). The Morgan fingerprint density at radius 2 is 2.09 bits per heavy atom. The minimum Gasteiger partial charge on any atom is -0.371 e. The maximum atomic E-state index is 12.1. The second-order valence-electron chi connectivity index (χ2n) is 6.10. The van der Waals surface area contributed by atoms with E-state index in [9.17, 15) is 4.79 Å². The Bertz CT molecular complexity index is 534. The van der Waals surface area contributed by atoms with Crippen LogP contribution in [-0.2, 0) is 9.47 Å². The van der Waals surface area contributed by atoms with E-state index in [0.29, 0.717) is 25.5 Å². The molecule has 0 aromatic carbocycles. The lowest BCUT2D eigenvalue weighted by Gasteiger charge is -2.38. The second-order valence-corrected chi connectivity index (χ2v) is 6.10. The number of hydrogen-bond donors (Lipinski definition) is 1. The number of carbonyl (C=O) groups is 1. The van der Waals surface area contributed by atoms with Crippen LogP contribution in [0.2, 0.25) is 0 Å². The van der Waals surface area contributed by atoms with E-state index in [4.69, 9.17) is 9.47 Å². The van der Waals surface area contributed by atoms with Crippen molar-refractivity contribution in [3.8, 4) is 0 Å². The highest BCUT2D eigenvalue weighted by molar-refractivity contribution is 5.93. The molecule has 23 heavy (non-hydrogen) atoms. The zero-order chi connectivity index (χ0) is 16.1. The molecule has 0 atom stereocenters. The number of carbonyl (C=O) groups excluding carboxylic acids is 1. The monoisotopic (exact) mass is 319 g/mol. The van der Waals surface area contributed by atoms with Crippen molar-refractivity contribution in [2.75, 3.05) is 37.7 Å². The molecular weight excluding hydrogens is 294 g/mol. The van der Waals surface area contributed by atoms with Crippen LogP contribution in [0.3, 0.4) is 0 Å². The summed E-state index contributed by atoms with van der Waals surface area (Å²) in [5, 5.41) is 2.91. The van der Waals surface area contributed by atoms with Crippen LogP contribution in [-0.4, -0.2) is 49.5 Å². The van der Waals surface area contributed by atoms with Gasteiger partial charge in [0.2, 0.25) is 0 Å². The Balaban J connectivity index is 1.60. The number of nitrogens with one attached hydrogen (secondary N) is 1. The van der Waals surface area contributed by atoms with Crippen LogP contribution in [0.25, 0.3) is 0 Å². The molecule has 2 aliphatic heterocycles. The molecule has 1 amide bonds. The van der Waals surface area contributed by atoms with Gasteiger partial charge < -0.3 is 19.7 Å². The Labute approximate surface area is 137 Å². The number of aromatic nitrogens is 1. The number of anilines is 1. The maximum absolute atomic E-state index is 12.1. The quantitative estimate of drug-likeness (QED) is 0.841. The Morgan fingerprint density at radius 3 is 2.78 bits per heavy atom. The highest BCUT2D eigenvalue weighted by atomic mass is 16.7. The maximum Gasteiger partial charge on any atom is 0.269 e. The predicted molar refractivity (Wildman–Crippen MR) is 87.6 cm³/mol. The van der Waals surface area contributed by atoms with E-state index in [1.54, 1.807) is 6.20 Å². The third-order valence-electron chi connectivity index (χ3n) is 4.50. The molecule has 2 saturated heterocycles. The summed E-state index contributed by atoms with van der Waals surface area (Å²) >= 11 is 0. The SMILES string of the molecule is CCCCNC(=O)c1cc(N2CCC3(CC2)OCCO3)ccn1. The normalized spacial score (nSPS) is 20.0. The van der Waals surface area contributed by atoms with Gasteiger partial charge in [0.25, 0.3) is 5.91 Å². The van der Waals surface area contributed by atoms with E-state index in [2.05, 4.69) is 22.1 Å². The summed E-state index contributed by atoms with van der Waals surface area (Å²) in [5.41, 5.74) is 1.51. The van der Waals surface area contributed by atoms with Gasteiger partial charge in [-0.25, -0.2) is 0 Å². The van der Waals surface area contributed by atoms with Gasteiger partial charge in [0.15, 0.2) is 5.79 Å². The minimum atomic E-state index is -0.371. The number of amides is 1. The van der Waals surface area contributed by atoms with Crippen molar-refractivity contribution in [3.63, 3.8) is 0 Å². The van der Waals surface area contributed by atoms with Crippen molar-refractivity contribution in [1.29, 1.82) is 0 Å². The van der Waals surface area contributed by atoms with Gasteiger partial charge in [-0.15, -0.1) is 0 Å². The van der Waals surface area contributed by atoms with E-state index >= 15 is 0 Å². The van der Waals surface area contributed by atoms with Crippen LogP contribution in [0.5, 0.6) is 0 Å². The van der Waals surface area contributed by atoms with Gasteiger partial charge in [-0.3, -0.25) is 9.78 Å². The smallest absolute Gasteiger partial charge is 0.269 e. The topological polar surface area (TPSA) is 63.7 Å². The highest BCUT2D eigenvalue weighted by Gasteiger charge is 2.39. The molecule has 1 N–H and O–H groups in total. The summed E-state index contributed by atoms with van der Waals surface area (Å²) in [7, 11) is 0. The molecule has 3 heterocycles. The van der Waals surface area contributed by atoms with Gasteiger partial charge in [-0.2, -0.15) is 0 Å². The van der Waals surface area contributed by atoms with E-state index in [1.807, 2.05) is 12.1 Å². The van der Waals surface area contributed by atoms with Crippen molar-refractivity contribution in [2.24, 2.45) is 0 Å². The van der Waals surface area contributed by atoms with Crippen LogP contribution in [0, 0.1) is 0 Å². The number of hydrogen-bond acceptors (Lipinski definition) is 5. The number of ether oxygens (including phenoxy) is 2. The zero-order valence-electron chi connectivity index (χ0n) is 13.7. The first-order chi connectivity index (χ1) is 11.2. The molecule has 1 aromatic rings. The third-order valence-corrected chi connectivity index (χ3v) is 4.50. The Morgan fingerprint density at radius 1 is 1.35 bits per heavy atom. The van der Waals surface area contributed by atoms with Gasteiger partial charge in [0.1, 0.15) is 5.69 Å². The second kappa shape index (κ2) is 7.27. The molecular formula is C17H25N3O3. The molecule has 126 valence electrons. The molecule has 6 nitrogen and oxygen atoms in total. The van der Waals surface area contributed by atoms with Gasteiger partial charge in [-0.05, 0) is 18.6 Å². The summed E-state index contributed by atoms with van der Waals surface area (Å²) in [6.45, 7) is 5.91. The lowest BCUT2D eigenvalue weighted by atomic mass is 10.0. The fourth-order valence-corrected chi connectivity index (χ4v) is 3.10. The summed E-state index contributed by atoms with van der Waals surface area (Å²) in [6.07, 6.45) is 5.46. The molecule has 1 aromatic heterocycles. The number of piperidine rings is 1. The molecule has 0 radical (unpaired) electrons. The lowest BCUT2D eigenvalue weighted by Crippen LogP contribution is -2.45. The number of pyridine rings is 1. The standard InChI is InChI=1S/C17H25N3O3/c1-2-3-7-19-16(21)15-13-14(4-8-18-15)20-9-5-17(6-10-20)22-11-12-23-17/h4,8,13H,2-3,5-7,9-12H2,1H3,(H,19,21). The van der Waals surface area contributed by atoms with Crippen LogP contribution >= 0.6 is 0 Å². The largest absolute Gasteiger partial charge is 0.371 e. The number of unbranched alkanes of at least 4 members (excludes halogenated alkanes) is 1. The van der Waals surface area contributed by atoms with E-state index < -0.39 is 0 Å². The lowest BCUT2D eigenvalue weighted by molar-refractivity contribution is -0.169. The molecule has 0 bridgehead atoms. The number of nitrogens with zero attached hydrogens (tertiary/aromatic N) is 2. The average molecular weight is 319 g/mol. The Hall–Kier alpha value is -1.66. The number of rotatable bonds is 5. The molecule has 1 spiro atoms. The van der Waals surface area contributed by atoms with Crippen LogP contribution in [0.15, 0.2) is 18.3 Å². The summed E-state index contributed by atoms with van der Waals surface area (Å²) in [6, 6.07) is 3.83. The first kappa shape index (κ1) is 16.2. The fraction of sp³-hybridized carbons (Fsp3) is 0.647. The van der Waals surface area contributed by atoms with Crippen molar-refractivity contribution in [3.05, 3.63) is 24.0 Å². The van der Waals surface area contributed by atoms with Crippen LogP contribution < -0.4 is 10.2 Å². The van der Waals surface area contributed by atoms with Crippen molar-refractivity contribution >= 4 is 11.6 Å². The molecule has 2 aliphatic rings. The molecule has 2 fully saturated rings. The third kappa shape index (κ3) is 3.82. The van der Waals surface area contributed by atoms with Crippen molar-refractivity contribution in [1.82, 2.24) is 10.3 Å². The summed E-state index contributed by atoms with van der Waals surface area (Å²) in [4.78, 5) is 18.6. The minimum absolute atomic E-state index is 0.101. The predicted octanol–water partition coefficient (Wildman–Crippen LogP) is 1.95. The van der Waals surface area contributed by atoms with E-state index in [0.717, 1.165) is 44.5 Å². The summed E-state index contributed by atoms with van der Waals surface area (Å²) in [5.74, 6) is -0.472. The highest BCUT2D eigenvalue weighted by Crippen LogP contribution is 2.33. The van der Waals surface area contributed by atoms with Crippen molar-refractivity contribution in [2.45, 2.75) is 38.4 Å². The molecule has 0 saturated carbocycles. The van der Waals surface area contributed by atoms with E-state index in [-0.39, 0.29) is 11.7 Å². The molecule has 0 unspecified atom stereocenters. The van der Waals surface area contributed by atoms with E-state index in [1.165, 1.54) is 0 Å². The van der Waals surface area contributed by atoms with Gasteiger partial charge >= 0.3 is 0 Å². The fourth-order valence-electron chi connectivity index (χ4n) is 3.10. The zero-order valence-corrected chi connectivity index (χ0v) is 13.7. The van der Waals surface area contributed by atoms with Crippen LogP contribution in [0.1, 0.15) is 43.1 Å². The van der Waals surface area contributed by atoms with Crippen molar-refractivity contribution < 1.29 is 14.3 Å². The van der Waals surface area contributed by atoms with Crippen LogP contribution in [0.4, 0.5) is 5.69 Å². The summed E-state index contributed by atoms with van der Waals surface area (Å²) < 4.78 is 11.5. The van der Waals surface area contributed by atoms with Gasteiger partial charge in [-0.1, -0.05) is 13.3 Å². The van der Waals surface area contributed by atoms with Gasteiger partial charge in [0, 0.05) is 44.4 Å². The first-order valence-electron chi connectivity index (χ1n) is 8.49.